The molecule has 11 heteroatoms. The van der Waals surface area contributed by atoms with Gasteiger partial charge in [-0.2, -0.15) is 4.31 Å². The Morgan fingerprint density at radius 1 is 1.32 bits per heavy atom. The second-order valence-corrected chi connectivity index (χ2v) is 9.68. The Labute approximate surface area is 167 Å². The topological polar surface area (TPSA) is 104 Å². The molecule has 1 N–H and O–H groups in total. The van der Waals surface area contributed by atoms with Gasteiger partial charge in [0.2, 0.25) is 10.0 Å². The number of carbonyl (C=O) groups excluding carboxylic acids is 1. The van der Waals surface area contributed by atoms with Gasteiger partial charge in [0.1, 0.15) is 17.5 Å². The molecule has 0 aromatic heterocycles. The van der Waals surface area contributed by atoms with Crippen LogP contribution in [0, 0.1) is 5.82 Å². The standard InChI is InChI=1S/C17H22ClFN2O6S/c1-17(2,3)27-16(24)20-7-8-21(14(9-20)15(22)23)28(25,26)10-11-12(18)5-4-6-13(11)19/h4-6,14H,7-10H2,1-3H3,(H,22,23)/t14-/m0/s1. The number of carboxylic acids is 1. The summed E-state index contributed by atoms with van der Waals surface area (Å²) in [6.45, 7) is 4.30. The highest BCUT2D eigenvalue weighted by atomic mass is 35.5. The van der Waals surface area contributed by atoms with E-state index in [1.54, 1.807) is 20.8 Å². The highest BCUT2D eigenvalue weighted by molar-refractivity contribution is 7.88. The minimum atomic E-state index is -4.21. The normalized spacial score (nSPS) is 18.8. The zero-order chi connectivity index (χ0) is 21.3. The Hall–Kier alpha value is -1.91. The minimum Gasteiger partial charge on any atom is -0.480 e. The van der Waals surface area contributed by atoms with Gasteiger partial charge in [0.05, 0.1) is 12.3 Å². The fourth-order valence-electron chi connectivity index (χ4n) is 2.73. The first kappa shape index (κ1) is 22.4. The van der Waals surface area contributed by atoms with Crippen LogP contribution in [-0.4, -0.2) is 66.1 Å². The third-order valence-electron chi connectivity index (χ3n) is 4.01. The Morgan fingerprint density at radius 3 is 2.50 bits per heavy atom. The number of benzene rings is 1. The smallest absolute Gasteiger partial charge is 0.410 e. The molecule has 0 unspecified atom stereocenters. The maximum Gasteiger partial charge on any atom is 0.410 e. The first-order valence-electron chi connectivity index (χ1n) is 8.45. The average Bonchev–Trinajstić information content (AvgIpc) is 2.56. The Bertz CT molecular complexity index is 851. The molecule has 0 saturated carbocycles. The van der Waals surface area contributed by atoms with E-state index in [1.165, 1.54) is 12.1 Å². The number of aliphatic carboxylic acids is 1. The van der Waals surface area contributed by atoms with Crippen molar-refractivity contribution in [3.05, 3.63) is 34.6 Å². The van der Waals surface area contributed by atoms with Crippen LogP contribution in [0.25, 0.3) is 0 Å². The predicted octanol–water partition coefficient (Wildman–Crippen LogP) is 2.31. The first-order chi connectivity index (χ1) is 12.8. The molecule has 0 spiro atoms. The van der Waals surface area contributed by atoms with E-state index in [2.05, 4.69) is 0 Å². The molecule has 28 heavy (non-hydrogen) atoms. The molecule has 1 aromatic carbocycles. The Balaban J connectivity index is 2.23. The van der Waals surface area contributed by atoms with Crippen LogP contribution < -0.4 is 0 Å². The summed E-state index contributed by atoms with van der Waals surface area (Å²) in [5.41, 5.74) is -1.01. The van der Waals surface area contributed by atoms with Crippen molar-refractivity contribution in [1.82, 2.24) is 9.21 Å². The maximum atomic E-state index is 14.0. The lowest BCUT2D eigenvalue weighted by Crippen LogP contribution is -2.59. The first-order valence-corrected chi connectivity index (χ1v) is 10.4. The van der Waals surface area contributed by atoms with E-state index in [4.69, 9.17) is 16.3 Å². The van der Waals surface area contributed by atoms with E-state index in [-0.39, 0.29) is 30.2 Å². The van der Waals surface area contributed by atoms with E-state index in [1.807, 2.05) is 0 Å². The summed E-state index contributed by atoms with van der Waals surface area (Å²) in [6, 6.07) is 2.25. The summed E-state index contributed by atoms with van der Waals surface area (Å²) in [5, 5.41) is 9.43. The van der Waals surface area contributed by atoms with Gasteiger partial charge in [-0.3, -0.25) is 4.79 Å². The number of amides is 1. The molecule has 1 atom stereocenters. The van der Waals surface area contributed by atoms with Gasteiger partial charge >= 0.3 is 12.1 Å². The third-order valence-corrected chi connectivity index (χ3v) is 6.17. The van der Waals surface area contributed by atoms with Crippen LogP contribution in [0.2, 0.25) is 5.02 Å². The molecule has 0 bridgehead atoms. The minimum absolute atomic E-state index is 0.0527. The van der Waals surface area contributed by atoms with Gasteiger partial charge in [-0.1, -0.05) is 17.7 Å². The fraction of sp³-hybridized carbons (Fsp3) is 0.529. The van der Waals surface area contributed by atoms with Crippen molar-refractivity contribution < 1.29 is 32.2 Å². The molecule has 1 aliphatic rings. The zero-order valence-electron chi connectivity index (χ0n) is 15.7. The molecule has 0 radical (unpaired) electrons. The average molecular weight is 437 g/mol. The molecule has 1 saturated heterocycles. The van der Waals surface area contributed by atoms with E-state index in [0.717, 1.165) is 15.3 Å². The van der Waals surface area contributed by atoms with Crippen molar-refractivity contribution >= 4 is 33.7 Å². The largest absolute Gasteiger partial charge is 0.480 e. The van der Waals surface area contributed by atoms with Gasteiger partial charge in [-0.25, -0.2) is 17.6 Å². The van der Waals surface area contributed by atoms with E-state index < -0.39 is 45.3 Å². The van der Waals surface area contributed by atoms with Crippen LogP contribution in [0.5, 0.6) is 0 Å². The number of carbonyl (C=O) groups is 2. The molecule has 1 heterocycles. The predicted molar refractivity (Wildman–Crippen MR) is 100.0 cm³/mol. The summed E-state index contributed by atoms with van der Waals surface area (Å²) in [4.78, 5) is 25.0. The van der Waals surface area contributed by atoms with Gasteiger partial charge < -0.3 is 14.7 Å². The van der Waals surface area contributed by atoms with Crippen molar-refractivity contribution in [3.63, 3.8) is 0 Å². The summed E-state index contributed by atoms with van der Waals surface area (Å²) in [7, 11) is -4.21. The van der Waals surface area contributed by atoms with Crippen molar-refractivity contribution in [2.75, 3.05) is 19.6 Å². The number of hydrogen-bond acceptors (Lipinski definition) is 5. The number of nitrogens with zero attached hydrogens (tertiary/aromatic N) is 2. The van der Waals surface area contributed by atoms with Crippen molar-refractivity contribution in [2.45, 2.75) is 38.2 Å². The molecular weight excluding hydrogens is 415 g/mol. The lowest BCUT2D eigenvalue weighted by atomic mass is 10.2. The van der Waals surface area contributed by atoms with Crippen molar-refractivity contribution in [1.29, 1.82) is 0 Å². The second-order valence-electron chi connectivity index (χ2n) is 7.35. The SMILES string of the molecule is CC(C)(C)OC(=O)N1CCN(S(=O)(=O)Cc2c(F)cccc2Cl)[C@H](C(=O)O)C1. The number of ether oxygens (including phenoxy) is 1. The lowest BCUT2D eigenvalue weighted by Gasteiger charge is -2.38. The van der Waals surface area contributed by atoms with E-state index >= 15 is 0 Å². The molecule has 2 rings (SSSR count). The molecule has 1 fully saturated rings. The number of carboxylic acid groups (broad SMARTS) is 1. The number of rotatable bonds is 4. The highest BCUT2D eigenvalue weighted by Gasteiger charge is 2.42. The molecular formula is C17H22ClFN2O6S. The number of piperazine rings is 1. The molecule has 156 valence electrons. The van der Waals surface area contributed by atoms with Crippen LogP contribution in [-0.2, 0) is 25.3 Å². The van der Waals surface area contributed by atoms with Crippen molar-refractivity contribution in [2.24, 2.45) is 0 Å². The quantitative estimate of drug-likeness (QED) is 0.776. The summed E-state index contributed by atoms with van der Waals surface area (Å²) in [6.07, 6.45) is -0.729. The second kappa shape index (κ2) is 8.22. The summed E-state index contributed by atoms with van der Waals surface area (Å²) < 4.78 is 45.5. The number of sulfonamides is 1. The van der Waals surface area contributed by atoms with Gasteiger partial charge in [-0.05, 0) is 32.9 Å². The van der Waals surface area contributed by atoms with Crippen LogP contribution in [0.15, 0.2) is 18.2 Å². The van der Waals surface area contributed by atoms with Gasteiger partial charge in [0, 0.05) is 23.7 Å². The summed E-state index contributed by atoms with van der Waals surface area (Å²) in [5.74, 6) is -3.00. The fourth-order valence-corrected chi connectivity index (χ4v) is 4.77. The monoisotopic (exact) mass is 436 g/mol. The van der Waals surface area contributed by atoms with Gasteiger partial charge in [0.15, 0.2) is 0 Å². The summed E-state index contributed by atoms with van der Waals surface area (Å²) >= 11 is 5.89. The van der Waals surface area contributed by atoms with Crippen LogP contribution >= 0.6 is 11.6 Å². The van der Waals surface area contributed by atoms with E-state index in [0.29, 0.717) is 0 Å². The zero-order valence-corrected chi connectivity index (χ0v) is 17.3. The van der Waals surface area contributed by atoms with Crippen LogP contribution in [0.1, 0.15) is 26.3 Å². The van der Waals surface area contributed by atoms with Crippen molar-refractivity contribution in [3.8, 4) is 0 Å². The number of halogens is 2. The van der Waals surface area contributed by atoms with Crippen LogP contribution in [0.4, 0.5) is 9.18 Å². The van der Waals surface area contributed by atoms with Gasteiger partial charge in [0.25, 0.3) is 0 Å². The Kier molecular flexibility index (Phi) is 6.57. The highest BCUT2D eigenvalue weighted by Crippen LogP contribution is 2.25. The molecule has 1 aromatic rings. The van der Waals surface area contributed by atoms with E-state index in [9.17, 15) is 27.5 Å². The molecule has 8 nitrogen and oxygen atoms in total. The maximum absolute atomic E-state index is 14.0. The third kappa shape index (κ3) is 5.33. The molecule has 1 amide bonds. The number of hydrogen-bond donors (Lipinski definition) is 1. The van der Waals surface area contributed by atoms with Crippen LogP contribution in [0.3, 0.4) is 0 Å². The lowest BCUT2D eigenvalue weighted by molar-refractivity contribution is -0.143. The molecule has 1 aliphatic heterocycles. The Morgan fingerprint density at radius 2 is 1.96 bits per heavy atom. The molecule has 0 aliphatic carbocycles. The van der Waals surface area contributed by atoms with Gasteiger partial charge in [-0.15, -0.1) is 0 Å².